The van der Waals surface area contributed by atoms with Gasteiger partial charge < -0.3 is 5.32 Å². The van der Waals surface area contributed by atoms with Crippen LogP contribution in [0.3, 0.4) is 0 Å². The SMILES string of the molecule is Cc1ccc(C)c(NS(=O)(=O)c2cc(C(=O)N[C@@H]3C[C@H]4CC[C@H]3C4)ccc2C)c1. The number of carbonyl (C=O) groups is 1. The average Bonchev–Trinajstić information content (AvgIpc) is 3.27. The quantitative estimate of drug-likeness (QED) is 0.767. The van der Waals surface area contributed by atoms with E-state index in [1.54, 1.807) is 19.1 Å². The molecule has 3 atom stereocenters. The number of fused-ring (bicyclic) bond motifs is 2. The Hall–Kier alpha value is -2.34. The molecule has 4 rings (SSSR count). The first-order valence-electron chi connectivity index (χ1n) is 10.2. The fourth-order valence-corrected chi connectivity index (χ4v) is 6.14. The number of aryl methyl sites for hydroxylation is 3. The van der Waals surface area contributed by atoms with E-state index < -0.39 is 10.0 Å². The maximum atomic E-state index is 13.1. The summed E-state index contributed by atoms with van der Waals surface area (Å²) in [6.45, 7) is 5.53. The van der Waals surface area contributed by atoms with Gasteiger partial charge in [-0.05, 0) is 86.8 Å². The summed E-state index contributed by atoms with van der Waals surface area (Å²) in [6.07, 6.45) is 4.71. The first-order chi connectivity index (χ1) is 13.7. The molecule has 2 aliphatic carbocycles. The molecule has 29 heavy (non-hydrogen) atoms. The fourth-order valence-electron chi connectivity index (χ4n) is 4.75. The van der Waals surface area contributed by atoms with Gasteiger partial charge >= 0.3 is 0 Å². The van der Waals surface area contributed by atoms with Gasteiger partial charge in [0, 0.05) is 11.6 Å². The Balaban J connectivity index is 1.57. The van der Waals surface area contributed by atoms with Crippen LogP contribution in [0.4, 0.5) is 5.69 Å². The molecule has 0 heterocycles. The number of rotatable bonds is 5. The van der Waals surface area contributed by atoms with Crippen molar-refractivity contribution in [3.05, 3.63) is 58.7 Å². The molecule has 2 N–H and O–H groups in total. The van der Waals surface area contributed by atoms with E-state index in [9.17, 15) is 13.2 Å². The molecule has 1 amide bonds. The van der Waals surface area contributed by atoms with Crippen molar-refractivity contribution < 1.29 is 13.2 Å². The third kappa shape index (κ3) is 4.04. The Morgan fingerprint density at radius 1 is 0.966 bits per heavy atom. The van der Waals surface area contributed by atoms with Crippen molar-refractivity contribution in [1.29, 1.82) is 0 Å². The van der Waals surface area contributed by atoms with E-state index in [2.05, 4.69) is 10.0 Å². The van der Waals surface area contributed by atoms with Crippen LogP contribution in [0.15, 0.2) is 41.3 Å². The van der Waals surface area contributed by atoms with Crippen molar-refractivity contribution in [3.8, 4) is 0 Å². The van der Waals surface area contributed by atoms with Gasteiger partial charge in [0.05, 0.1) is 10.6 Å². The first-order valence-corrected chi connectivity index (χ1v) is 11.7. The van der Waals surface area contributed by atoms with Crippen LogP contribution in [-0.2, 0) is 10.0 Å². The summed E-state index contributed by atoms with van der Waals surface area (Å²) in [7, 11) is -3.80. The highest BCUT2D eigenvalue weighted by Crippen LogP contribution is 2.44. The summed E-state index contributed by atoms with van der Waals surface area (Å²) in [5.41, 5.74) is 3.38. The number of anilines is 1. The van der Waals surface area contributed by atoms with E-state index in [0.29, 0.717) is 22.7 Å². The molecule has 0 saturated heterocycles. The first kappa shape index (κ1) is 20.0. The average molecular weight is 413 g/mol. The largest absolute Gasteiger partial charge is 0.349 e. The van der Waals surface area contributed by atoms with E-state index in [1.807, 2.05) is 32.0 Å². The monoisotopic (exact) mass is 412 g/mol. The topological polar surface area (TPSA) is 75.3 Å². The van der Waals surface area contributed by atoms with Gasteiger partial charge in [-0.2, -0.15) is 0 Å². The summed E-state index contributed by atoms with van der Waals surface area (Å²) >= 11 is 0. The summed E-state index contributed by atoms with van der Waals surface area (Å²) < 4.78 is 28.8. The Bertz CT molecular complexity index is 1060. The number of amides is 1. The summed E-state index contributed by atoms with van der Waals surface area (Å²) in [5, 5.41) is 3.14. The van der Waals surface area contributed by atoms with E-state index in [4.69, 9.17) is 0 Å². The van der Waals surface area contributed by atoms with Crippen LogP contribution in [0.5, 0.6) is 0 Å². The second-order valence-electron chi connectivity index (χ2n) is 8.66. The minimum absolute atomic E-state index is 0.138. The van der Waals surface area contributed by atoms with Gasteiger partial charge in [0.1, 0.15) is 0 Å². The number of hydrogen-bond acceptors (Lipinski definition) is 3. The maximum absolute atomic E-state index is 13.1. The summed E-state index contributed by atoms with van der Waals surface area (Å²) in [4.78, 5) is 12.9. The Labute approximate surface area is 173 Å². The van der Waals surface area contributed by atoms with Crippen molar-refractivity contribution in [2.24, 2.45) is 11.8 Å². The lowest BCUT2D eigenvalue weighted by molar-refractivity contribution is 0.0922. The maximum Gasteiger partial charge on any atom is 0.262 e. The smallest absolute Gasteiger partial charge is 0.262 e. The molecular weight excluding hydrogens is 384 g/mol. The lowest BCUT2D eigenvalue weighted by Crippen LogP contribution is -2.38. The second kappa shape index (κ2) is 7.48. The van der Waals surface area contributed by atoms with Crippen LogP contribution >= 0.6 is 0 Å². The zero-order chi connectivity index (χ0) is 20.8. The molecule has 2 bridgehead atoms. The van der Waals surface area contributed by atoms with E-state index in [0.717, 1.165) is 23.5 Å². The molecule has 2 aliphatic rings. The predicted octanol–water partition coefficient (Wildman–Crippen LogP) is 4.33. The van der Waals surface area contributed by atoms with Gasteiger partial charge in [0.2, 0.25) is 0 Å². The van der Waals surface area contributed by atoms with Crippen molar-refractivity contribution in [3.63, 3.8) is 0 Å². The van der Waals surface area contributed by atoms with Gasteiger partial charge in [-0.25, -0.2) is 8.42 Å². The Morgan fingerprint density at radius 3 is 2.41 bits per heavy atom. The standard InChI is InChI=1S/C23H28N2O3S/c1-14-4-5-15(2)20(10-14)25-29(27,28)22-13-19(8-6-16(22)3)23(26)24-21-12-17-7-9-18(21)11-17/h4-6,8,10,13,17-18,21,25H,7,9,11-12H2,1-3H3,(H,24,26)/t17-,18-,21+/m0/s1. The number of carbonyl (C=O) groups excluding carboxylic acids is 1. The van der Waals surface area contributed by atoms with Gasteiger partial charge in [0.15, 0.2) is 0 Å². The third-order valence-electron chi connectivity index (χ3n) is 6.43. The summed E-state index contributed by atoms with van der Waals surface area (Å²) in [6, 6.07) is 10.8. The third-order valence-corrected chi connectivity index (χ3v) is 7.94. The van der Waals surface area contributed by atoms with Crippen LogP contribution in [-0.4, -0.2) is 20.4 Å². The zero-order valence-electron chi connectivity index (χ0n) is 17.2. The fraction of sp³-hybridized carbons (Fsp3) is 0.435. The van der Waals surface area contributed by atoms with Gasteiger partial charge in [-0.3, -0.25) is 9.52 Å². The molecule has 0 unspecified atom stereocenters. The van der Waals surface area contributed by atoms with Crippen molar-refractivity contribution in [2.45, 2.75) is 57.4 Å². The van der Waals surface area contributed by atoms with Crippen molar-refractivity contribution in [1.82, 2.24) is 5.32 Å². The molecule has 0 radical (unpaired) electrons. The van der Waals surface area contributed by atoms with Crippen LogP contribution in [0, 0.1) is 32.6 Å². The van der Waals surface area contributed by atoms with Crippen LogP contribution in [0.1, 0.15) is 52.7 Å². The highest BCUT2D eigenvalue weighted by Gasteiger charge is 2.40. The number of nitrogens with one attached hydrogen (secondary N) is 2. The lowest BCUT2D eigenvalue weighted by Gasteiger charge is -2.23. The number of benzene rings is 2. The lowest BCUT2D eigenvalue weighted by atomic mass is 9.95. The van der Waals surface area contributed by atoms with Crippen LogP contribution < -0.4 is 10.0 Å². The van der Waals surface area contributed by atoms with Crippen molar-refractivity contribution in [2.75, 3.05) is 4.72 Å². The Kier molecular flexibility index (Phi) is 5.15. The van der Waals surface area contributed by atoms with Crippen molar-refractivity contribution >= 4 is 21.6 Å². The molecule has 6 heteroatoms. The molecular formula is C23H28N2O3S. The second-order valence-corrected chi connectivity index (χ2v) is 10.3. The molecule has 2 aromatic rings. The Morgan fingerprint density at radius 2 is 1.72 bits per heavy atom. The van der Waals surface area contributed by atoms with E-state index in [-0.39, 0.29) is 16.8 Å². The molecule has 2 saturated carbocycles. The highest BCUT2D eigenvalue weighted by atomic mass is 32.2. The molecule has 2 fully saturated rings. The number of hydrogen-bond donors (Lipinski definition) is 2. The minimum Gasteiger partial charge on any atom is -0.349 e. The highest BCUT2D eigenvalue weighted by molar-refractivity contribution is 7.92. The van der Waals surface area contributed by atoms with E-state index in [1.165, 1.54) is 25.3 Å². The predicted molar refractivity (Wildman–Crippen MR) is 115 cm³/mol. The molecule has 154 valence electrons. The van der Waals surface area contributed by atoms with E-state index >= 15 is 0 Å². The van der Waals surface area contributed by atoms with Gasteiger partial charge in [-0.1, -0.05) is 24.6 Å². The van der Waals surface area contributed by atoms with Crippen LogP contribution in [0.2, 0.25) is 0 Å². The molecule has 0 aliphatic heterocycles. The van der Waals surface area contributed by atoms with Gasteiger partial charge in [0.25, 0.3) is 15.9 Å². The number of sulfonamides is 1. The molecule has 5 nitrogen and oxygen atoms in total. The van der Waals surface area contributed by atoms with Gasteiger partial charge in [-0.15, -0.1) is 0 Å². The summed E-state index contributed by atoms with van der Waals surface area (Å²) in [5.74, 6) is 1.12. The minimum atomic E-state index is -3.80. The molecule has 2 aromatic carbocycles. The zero-order valence-corrected chi connectivity index (χ0v) is 18.0. The molecule has 0 spiro atoms. The normalized spacial score (nSPS) is 23.2. The van der Waals surface area contributed by atoms with Crippen LogP contribution in [0.25, 0.3) is 0 Å². The molecule has 0 aromatic heterocycles.